The van der Waals surface area contributed by atoms with Crippen molar-refractivity contribution < 1.29 is 27.8 Å². The number of benzene rings is 1. The summed E-state index contributed by atoms with van der Waals surface area (Å²) in [4.78, 5) is 20.4. The summed E-state index contributed by atoms with van der Waals surface area (Å²) in [7, 11) is 0. The van der Waals surface area contributed by atoms with Gasteiger partial charge in [0, 0.05) is 25.4 Å². The van der Waals surface area contributed by atoms with Crippen molar-refractivity contribution >= 4 is 11.9 Å². The van der Waals surface area contributed by atoms with Crippen molar-refractivity contribution in [3.05, 3.63) is 42.6 Å². The molecule has 0 aliphatic carbocycles. The molecular formula is C16H14F3N3O3. The van der Waals surface area contributed by atoms with Crippen LogP contribution in [0.1, 0.15) is 0 Å². The molecule has 0 bridgehead atoms. The smallest absolute Gasteiger partial charge is 0.394 e. The summed E-state index contributed by atoms with van der Waals surface area (Å²) in [6.45, 7) is -0.816. The summed E-state index contributed by atoms with van der Waals surface area (Å²) in [5.41, 5.74) is 0. The van der Waals surface area contributed by atoms with Crippen molar-refractivity contribution in [3.63, 3.8) is 0 Å². The number of para-hydroxylation sites is 1. The highest BCUT2D eigenvalue weighted by molar-refractivity contribution is 5.72. The first-order valence-electron chi connectivity index (χ1n) is 7.45. The van der Waals surface area contributed by atoms with Crippen LogP contribution in [-0.4, -0.2) is 40.3 Å². The summed E-state index contributed by atoms with van der Waals surface area (Å²) in [6.07, 6.45) is -3.24. The molecule has 1 saturated heterocycles. The molecule has 1 aliphatic heterocycles. The quantitative estimate of drug-likeness (QED) is 0.911. The Balaban J connectivity index is 1.80. The molecule has 0 amide bonds. The van der Waals surface area contributed by atoms with Gasteiger partial charge < -0.3 is 14.7 Å². The van der Waals surface area contributed by atoms with Crippen molar-refractivity contribution in [3.8, 4) is 11.6 Å². The number of ether oxygens (including phenoxy) is 1. The van der Waals surface area contributed by atoms with Crippen molar-refractivity contribution in [2.75, 3.05) is 18.0 Å². The Morgan fingerprint density at radius 2 is 1.92 bits per heavy atom. The van der Waals surface area contributed by atoms with Gasteiger partial charge in [0.2, 0.25) is 11.8 Å². The molecule has 0 spiro atoms. The lowest BCUT2D eigenvalue weighted by molar-refractivity contribution is -0.187. The van der Waals surface area contributed by atoms with E-state index < -0.39 is 30.5 Å². The van der Waals surface area contributed by atoms with Gasteiger partial charge in [-0.25, -0.2) is 4.98 Å². The van der Waals surface area contributed by atoms with Crippen LogP contribution >= 0.6 is 0 Å². The fourth-order valence-corrected chi connectivity index (χ4v) is 2.70. The number of aromatic nitrogens is 2. The maximum atomic E-state index is 13.1. The normalized spacial score (nSPS) is 20.5. The second-order valence-corrected chi connectivity index (χ2v) is 5.61. The highest BCUT2D eigenvalue weighted by Crippen LogP contribution is 2.38. The minimum absolute atomic E-state index is 0.00595. The van der Waals surface area contributed by atoms with Crippen LogP contribution in [0.3, 0.4) is 0 Å². The van der Waals surface area contributed by atoms with Crippen LogP contribution in [0.5, 0.6) is 11.6 Å². The van der Waals surface area contributed by atoms with Crippen LogP contribution < -0.4 is 9.64 Å². The summed E-state index contributed by atoms with van der Waals surface area (Å²) >= 11 is 0. The number of aliphatic carboxylic acids is 1. The molecule has 9 heteroatoms. The highest BCUT2D eigenvalue weighted by Gasteiger charge is 2.53. The Hall–Kier alpha value is -2.84. The Kier molecular flexibility index (Phi) is 4.47. The van der Waals surface area contributed by atoms with Gasteiger partial charge in [0.1, 0.15) is 5.75 Å². The topological polar surface area (TPSA) is 75.5 Å². The first kappa shape index (κ1) is 17.0. The zero-order chi connectivity index (χ0) is 18.0. The summed E-state index contributed by atoms with van der Waals surface area (Å²) in [5, 5.41) is 9.07. The molecule has 1 aromatic heterocycles. The number of anilines is 1. The predicted molar refractivity (Wildman–Crippen MR) is 81.4 cm³/mol. The van der Waals surface area contributed by atoms with Gasteiger partial charge in [-0.2, -0.15) is 18.2 Å². The molecule has 1 fully saturated rings. The van der Waals surface area contributed by atoms with E-state index in [2.05, 4.69) is 9.97 Å². The minimum atomic E-state index is -4.60. The van der Waals surface area contributed by atoms with Crippen molar-refractivity contribution in [1.82, 2.24) is 9.97 Å². The van der Waals surface area contributed by atoms with Gasteiger partial charge >= 0.3 is 12.1 Å². The maximum Gasteiger partial charge on any atom is 0.394 e. The molecule has 0 radical (unpaired) electrons. The van der Waals surface area contributed by atoms with Gasteiger partial charge in [-0.05, 0) is 12.1 Å². The lowest BCUT2D eigenvalue weighted by Crippen LogP contribution is -2.33. The van der Waals surface area contributed by atoms with Crippen LogP contribution in [0.25, 0.3) is 0 Å². The molecule has 1 aromatic carbocycles. The van der Waals surface area contributed by atoms with Gasteiger partial charge in [-0.3, -0.25) is 4.79 Å². The number of halogens is 3. The van der Waals surface area contributed by atoms with Crippen LogP contribution in [0.2, 0.25) is 0 Å². The van der Waals surface area contributed by atoms with E-state index in [4.69, 9.17) is 9.84 Å². The van der Waals surface area contributed by atoms with E-state index in [1.54, 1.807) is 24.3 Å². The largest absolute Gasteiger partial charge is 0.481 e. The number of hydrogen-bond donors (Lipinski definition) is 1. The van der Waals surface area contributed by atoms with Crippen LogP contribution in [0.4, 0.5) is 19.1 Å². The minimum Gasteiger partial charge on any atom is -0.481 e. The number of rotatable bonds is 4. The number of carboxylic acid groups (broad SMARTS) is 1. The van der Waals surface area contributed by atoms with Gasteiger partial charge in [-0.15, -0.1) is 0 Å². The van der Waals surface area contributed by atoms with E-state index >= 15 is 0 Å². The van der Waals surface area contributed by atoms with Crippen molar-refractivity contribution in [1.29, 1.82) is 0 Å². The molecule has 1 N–H and O–H groups in total. The standard InChI is InChI=1S/C16H14F3N3O3/c17-16(18,19)12-9-22(8-11(12)14(23)24)15-20-7-6-13(21-15)25-10-4-2-1-3-5-10/h1-7,11-12H,8-9H2,(H,23,24)/t11-,12-/m1/s1. The number of carboxylic acids is 1. The molecule has 6 nitrogen and oxygen atoms in total. The first-order valence-corrected chi connectivity index (χ1v) is 7.45. The third-order valence-corrected chi connectivity index (χ3v) is 3.92. The Bertz CT molecular complexity index is 755. The molecular weight excluding hydrogens is 339 g/mol. The van der Waals surface area contributed by atoms with Gasteiger partial charge in [0.25, 0.3) is 0 Å². The number of hydrogen-bond acceptors (Lipinski definition) is 5. The lowest BCUT2D eigenvalue weighted by atomic mass is 9.96. The van der Waals surface area contributed by atoms with Gasteiger partial charge in [-0.1, -0.05) is 18.2 Å². The number of alkyl halides is 3. The van der Waals surface area contributed by atoms with Crippen LogP contribution in [0.15, 0.2) is 42.6 Å². The predicted octanol–water partition coefficient (Wildman–Crippen LogP) is 2.97. The lowest BCUT2D eigenvalue weighted by Gasteiger charge is -2.18. The molecule has 132 valence electrons. The van der Waals surface area contributed by atoms with E-state index in [0.29, 0.717) is 5.75 Å². The van der Waals surface area contributed by atoms with Crippen molar-refractivity contribution in [2.45, 2.75) is 6.18 Å². The zero-order valence-electron chi connectivity index (χ0n) is 12.8. The maximum absolute atomic E-state index is 13.1. The Labute approximate surface area is 140 Å². The third kappa shape index (κ3) is 3.81. The Morgan fingerprint density at radius 3 is 2.52 bits per heavy atom. The van der Waals surface area contributed by atoms with Gasteiger partial charge in [0.05, 0.1) is 11.8 Å². The number of nitrogens with zero attached hydrogens (tertiary/aromatic N) is 3. The zero-order valence-corrected chi connectivity index (χ0v) is 12.8. The second kappa shape index (κ2) is 6.58. The highest BCUT2D eigenvalue weighted by atomic mass is 19.4. The van der Waals surface area contributed by atoms with E-state index in [1.165, 1.54) is 17.2 Å². The molecule has 2 aromatic rings. The molecule has 0 unspecified atom stereocenters. The van der Waals surface area contributed by atoms with Crippen LogP contribution in [-0.2, 0) is 4.79 Å². The fraction of sp³-hybridized carbons (Fsp3) is 0.312. The van der Waals surface area contributed by atoms with Crippen LogP contribution in [0, 0.1) is 11.8 Å². The molecule has 2 heterocycles. The van der Waals surface area contributed by atoms with E-state index in [9.17, 15) is 18.0 Å². The number of carbonyl (C=O) groups is 1. The Morgan fingerprint density at radius 1 is 1.20 bits per heavy atom. The first-order chi connectivity index (χ1) is 11.8. The molecule has 3 rings (SSSR count). The SMILES string of the molecule is O=C(O)[C@@H]1CN(c2nccc(Oc3ccccc3)n2)C[C@H]1C(F)(F)F. The fourth-order valence-electron chi connectivity index (χ4n) is 2.70. The molecule has 2 atom stereocenters. The molecule has 0 saturated carbocycles. The third-order valence-electron chi connectivity index (χ3n) is 3.92. The summed E-state index contributed by atoms with van der Waals surface area (Å²) < 4.78 is 44.7. The monoisotopic (exact) mass is 353 g/mol. The average molecular weight is 353 g/mol. The van der Waals surface area contributed by atoms with E-state index in [-0.39, 0.29) is 18.4 Å². The van der Waals surface area contributed by atoms with E-state index in [0.717, 1.165) is 0 Å². The van der Waals surface area contributed by atoms with Crippen molar-refractivity contribution in [2.24, 2.45) is 11.8 Å². The second-order valence-electron chi connectivity index (χ2n) is 5.61. The summed E-state index contributed by atoms with van der Waals surface area (Å²) in [6, 6.07) is 10.2. The average Bonchev–Trinajstić information content (AvgIpc) is 3.02. The molecule has 1 aliphatic rings. The molecule has 25 heavy (non-hydrogen) atoms. The van der Waals surface area contributed by atoms with E-state index in [1.807, 2.05) is 6.07 Å². The van der Waals surface area contributed by atoms with Gasteiger partial charge in [0.15, 0.2) is 0 Å². The summed E-state index contributed by atoms with van der Waals surface area (Å²) in [5.74, 6) is -4.31.